The summed E-state index contributed by atoms with van der Waals surface area (Å²) in [6.07, 6.45) is 1.33. The van der Waals surface area contributed by atoms with Crippen LogP contribution in [0.25, 0.3) is 0 Å². The molecule has 0 radical (unpaired) electrons. The van der Waals surface area contributed by atoms with Gasteiger partial charge in [-0.3, -0.25) is 4.90 Å². The molecule has 3 rings (SSSR count). The Kier molecular flexibility index (Phi) is 7.86. The molecule has 0 bridgehead atoms. The molecular weight excluding hydrogens is 392 g/mol. The number of hydrogen-bond acceptors (Lipinski definition) is 5. The van der Waals surface area contributed by atoms with E-state index in [-0.39, 0.29) is 6.04 Å². The largest absolute Gasteiger partial charge is 0.494 e. The molecule has 1 heterocycles. The molecule has 160 valence electrons. The van der Waals surface area contributed by atoms with Crippen LogP contribution in [0.15, 0.2) is 48.5 Å². The minimum absolute atomic E-state index is 0.0182. The van der Waals surface area contributed by atoms with Gasteiger partial charge in [-0.15, -0.1) is 0 Å². The van der Waals surface area contributed by atoms with E-state index in [4.69, 9.17) is 15.3 Å². The second-order valence-corrected chi connectivity index (χ2v) is 7.63. The third-order valence-electron chi connectivity index (χ3n) is 5.53. The molecule has 1 fully saturated rings. The van der Waals surface area contributed by atoms with Gasteiger partial charge in [0.2, 0.25) is 0 Å². The molecule has 31 heavy (non-hydrogen) atoms. The molecule has 1 saturated heterocycles. The number of rotatable bonds is 8. The summed E-state index contributed by atoms with van der Waals surface area (Å²) in [7, 11) is 0. The number of benzene rings is 2. The molecule has 1 amide bonds. The van der Waals surface area contributed by atoms with Crippen molar-refractivity contribution in [3.05, 3.63) is 65.2 Å². The minimum Gasteiger partial charge on any atom is -0.494 e. The Morgan fingerprint density at radius 1 is 1.03 bits per heavy atom. The van der Waals surface area contributed by atoms with E-state index in [0.29, 0.717) is 36.4 Å². The van der Waals surface area contributed by atoms with Crippen molar-refractivity contribution >= 4 is 6.09 Å². The SMILES string of the molecule is N#Cc1ccc(CN2CCC(N(CCCOc3ccc(C#N)cc3)C(=O)O)CC2)cc1. The van der Waals surface area contributed by atoms with Crippen molar-refractivity contribution in [3.8, 4) is 17.9 Å². The maximum Gasteiger partial charge on any atom is 0.407 e. The summed E-state index contributed by atoms with van der Waals surface area (Å²) in [6.45, 7) is 3.36. The van der Waals surface area contributed by atoms with Crippen LogP contribution in [-0.4, -0.2) is 53.3 Å². The van der Waals surface area contributed by atoms with E-state index >= 15 is 0 Å². The second-order valence-electron chi connectivity index (χ2n) is 7.63. The fourth-order valence-electron chi connectivity index (χ4n) is 3.82. The van der Waals surface area contributed by atoms with Crippen LogP contribution in [-0.2, 0) is 6.54 Å². The number of nitrogens with zero attached hydrogens (tertiary/aromatic N) is 4. The van der Waals surface area contributed by atoms with Gasteiger partial charge in [0, 0.05) is 32.2 Å². The van der Waals surface area contributed by atoms with Crippen molar-refractivity contribution in [1.82, 2.24) is 9.80 Å². The molecule has 0 unspecified atom stereocenters. The average molecular weight is 418 g/mol. The third kappa shape index (κ3) is 6.47. The summed E-state index contributed by atoms with van der Waals surface area (Å²) >= 11 is 0. The van der Waals surface area contributed by atoms with E-state index in [1.54, 1.807) is 29.2 Å². The van der Waals surface area contributed by atoms with E-state index in [1.807, 2.05) is 24.3 Å². The van der Waals surface area contributed by atoms with Crippen LogP contribution in [0.5, 0.6) is 5.75 Å². The Morgan fingerprint density at radius 3 is 2.16 bits per heavy atom. The highest BCUT2D eigenvalue weighted by Crippen LogP contribution is 2.20. The monoisotopic (exact) mass is 418 g/mol. The number of piperidine rings is 1. The normalized spacial score (nSPS) is 14.4. The van der Waals surface area contributed by atoms with Gasteiger partial charge >= 0.3 is 6.09 Å². The number of amides is 1. The fraction of sp³-hybridized carbons (Fsp3) is 0.375. The zero-order valence-corrected chi connectivity index (χ0v) is 17.4. The van der Waals surface area contributed by atoms with Crippen LogP contribution in [0, 0.1) is 22.7 Å². The van der Waals surface area contributed by atoms with Gasteiger partial charge in [-0.2, -0.15) is 10.5 Å². The zero-order chi connectivity index (χ0) is 22.1. The van der Waals surface area contributed by atoms with Crippen molar-refractivity contribution < 1.29 is 14.6 Å². The molecule has 0 aromatic heterocycles. The lowest BCUT2D eigenvalue weighted by molar-refractivity contribution is 0.0855. The van der Waals surface area contributed by atoms with Crippen molar-refractivity contribution in [1.29, 1.82) is 10.5 Å². The standard InChI is InChI=1S/C24H26N4O3/c25-16-19-2-4-21(5-3-19)18-27-13-10-22(11-14-27)28(24(29)30)12-1-15-31-23-8-6-20(17-26)7-9-23/h2-9,22H,1,10-15,18H2,(H,29,30). The number of likely N-dealkylation sites (tertiary alicyclic amines) is 1. The Morgan fingerprint density at radius 2 is 1.61 bits per heavy atom. The van der Waals surface area contributed by atoms with Gasteiger partial charge in [-0.05, 0) is 61.2 Å². The molecule has 0 spiro atoms. The predicted octanol–water partition coefficient (Wildman–Crippen LogP) is 3.84. The van der Waals surface area contributed by atoms with Gasteiger partial charge in [-0.1, -0.05) is 12.1 Å². The van der Waals surface area contributed by atoms with Crippen LogP contribution >= 0.6 is 0 Å². The van der Waals surface area contributed by atoms with E-state index < -0.39 is 6.09 Å². The highest BCUT2D eigenvalue weighted by atomic mass is 16.5. The van der Waals surface area contributed by atoms with Gasteiger partial charge < -0.3 is 14.7 Å². The van der Waals surface area contributed by atoms with Crippen LogP contribution in [0.2, 0.25) is 0 Å². The number of hydrogen-bond donors (Lipinski definition) is 1. The van der Waals surface area contributed by atoms with E-state index in [2.05, 4.69) is 17.0 Å². The quantitative estimate of drug-likeness (QED) is 0.654. The lowest BCUT2D eigenvalue weighted by Crippen LogP contribution is -2.47. The van der Waals surface area contributed by atoms with Crippen molar-refractivity contribution in [3.63, 3.8) is 0 Å². The highest BCUT2D eigenvalue weighted by Gasteiger charge is 2.27. The van der Waals surface area contributed by atoms with Crippen LogP contribution in [0.3, 0.4) is 0 Å². The van der Waals surface area contributed by atoms with Gasteiger partial charge in [0.25, 0.3) is 0 Å². The molecule has 0 atom stereocenters. The first kappa shape index (κ1) is 22.1. The Bertz CT molecular complexity index is 937. The maximum atomic E-state index is 11.8. The van der Waals surface area contributed by atoms with E-state index in [9.17, 15) is 9.90 Å². The topological polar surface area (TPSA) is 101 Å². The lowest BCUT2D eigenvalue weighted by Gasteiger charge is -2.37. The van der Waals surface area contributed by atoms with E-state index in [1.165, 1.54) is 0 Å². The molecular formula is C24H26N4O3. The summed E-state index contributed by atoms with van der Waals surface area (Å²) in [5.41, 5.74) is 2.39. The summed E-state index contributed by atoms with van der Waals surface area (Å²) in [4.78, 5) is 15.6. The van der Waals surface area contributed by atoms with Gasteiger partial charge in [0.1, 0.15) is 5.75 Å². The lowest BCUT2D eigenvalue weighted by atomic mass is 10.0. The molecule has 1 N–H and O–H groups in total. The van der Waals surface area contributed by atoms with Crippen molar-refractivity contribution in [2.24, 2.45) is 0 Å². The summed E-state index contributed by atoms with van der Waals surface area (Å²) in [6, 6.07) is 18.7. The van der Waals surface area contributed by atoms with Crippen molar-refractivity contribution in [2.45, 2.75) is 31.8 Å². The summed E-state index contributed by atoms with van der Waals surface area (Å²) in [5, 5.41) is 27.4. The van der Waals surface area contributed by atoms with Crippen molar-refractivity contribution in [2.75, 3.05) is 26.2 Å². The first-order valence-electron chi connectivity index (χ1n) is 10.4. The highest BCUT2D eigenvalue weighted by molar-refractivity contribution is 5.65. The third-order valence-corrected chi connectivity index (χ3v) is 5.53. The van der Waals surface area contributed by atoms with Crippen LogP contribution in [0.1, 0.15) is 36.0 Å². The first-order chi connectivity index (χ1) is 15.1. The first-order valence-corrected chi connectivity index (χ1v) is 10.4. The Labute approximate surface area is 182 Å². The molecule has 1 aliphatic heterocycles. The molecule has 2 aromatic rings. The number of carbonyl (C=O) groups is 1. The minimum atomic E-state index is -0.885. The van der Waals surface area contributed by atoms with Crippen LogP contribution in [0.4, 0.5) is 4.79 Å². The summed E-state index contributed by atoms with van der Waals surface area (Å²) < 4.78 is 5.67. The van der Waals surface area contributed by atoms with Gasteiger partial charge in [0.05, 0.1) is 29.9 Å². The van der Waals surface area contributed by atoms with E-state index in [0.717, 1.165) is 38.0 Å². The predicted molar refractivity (Wildman–Crippen MR) is 115 cm³/mol. The molecule has 1 aliphatic rings. The second kappa shape index (κ2) is 11.0. The average Bonchev–Trinajstić information content (AvgIpc) is 2.80. The van der Waals surface area contributed by atoms with Gasteiger partial charge in [0.15, 0.2) is 0 Å². The van der Waals surface area contributed by atoms with Crippen LogP contribution < -0.4 is 4.74 Å². The molecule has 0 saturated carbocycles. The summed E-state index contributed by atoms with van der Waals surface area (Å²) in [5.74, 6) is 0.678. The maximum absolute atomic E-state index is 11.8. The smallest absolute Gasteiger partial charge is 0.407 e. The van der Waals surface area contributed by atoms with Gasteiger partial charge in [-0.25, -0.2) is 4.79 Å². The number of carboxylic acid groups (broad SMARTS) is 1. The molecule has 7 heteroatoms. The number of nitriles is 2. The molecule has 7 nitrogen and oxygen atoms in total. The Hall–Kier alpha value is -3.55. The Balaban J connectivity index is 1.42. The number of ether oxygens (including phenoxy) is 1. The fourth-order valence-corrected chi connectivity index (χ4v) is 3.82. The zero-order valence-electron chi connectivity index (χ0n) is 17.4. The molecule has 2 aromatic carbocycles. The molecule has 0 aliphatic carbocycles.